The fourth-order valence-electron chi connectivity index (χ4n) is 3.50. The maximum atomic E-state index is 6.18. The van der Waals surface area contributed by atoms with E-state index in [1.807, 2.05) is 0 Å². The molecule has 102 valence electrons. The summed E-state index contributed by atoms with van der Waals surface area (Å²) in [6, 6.07) is 2.22. The van der Waals surface area contributed by atoms with Crippen molar-refractivity contribution in [2.24, 2.45) is 17.6 Å². The minimum atomic E-state index is 0.194. The second-order valence-corrected chi connectivity index (χ2v) is 6.86. The van der Waals surface area contributed by atoms with Crippen molar-refractivity contribution in [3.05, 3.63) is 22.4 Å². The van der Waals surface area contributed by atoms with Crippen LogP contribution in [-0.2, 0) is 6.54 Å². The third-order valence-electron chi connectivity index (χ3n) is 4.83. The summed E-state index contributed by atoms with van der Waals surface area (Å²) in [5.41, 5.74) is 7.79. The van der Waals surface area contributed by atoms with Gasteiger partial charge in [0.15, 0.2) is 0 Å². The molecule has 2 nitrogen and oxygen atoms in total. The molecule has 3 heteroatoms. The summed E-state index contributed by atoms with van der Waals surface area (Å²) >= 11 is 1.78. The van der Waals surface area contributed by atoms with E-state index in [0.717, 1.165) is 19.0 Å². The van der Waals surface area contributed by atoms with Crippen LogP contribution in [0.2, 0.25) is 0 Å². The van der Waals surface area contributed by atoms with Gasteiger partial charge < -0.3 is 5.73 Å². The van der Waals surface area contributed by atoms with Crippen LogP contribution in [0, 0.1) is 11.8 Å². The molecular formula is C15H26N2S. The number of nitrogens with zero attached hydrogens (tertiary/aromatic N) is 1. The summed E-state index contributed by atoms with van der Waals surface area (Å²) in [4.78, 5) is 2.51. The Balaban J connectivity index is 2.14. The van der Waals surface area contributed by atoms with Crippen molar-refractivity contribution in [2.45, 2.75) is 45.2 Å². The Labute approximate surface area is 115 Å². The van der Waals surface area contributed by atoms with Crippen molar-refractivity contribution in [1.82, 2.24) is 4.90 Å². The first-order valence-corrected chi connectivity index (χ1v) is 7.95. The molecular weight excluding hydrogens is 240 g/mol. The fourth-order valence-corrected chi connectivity index (χ4v) is 4.16. The molecule has 0 radical (unpaired) electrons. The van der Waals surface area contributed by atoms with Gasteiger partial charge in [0.05, 0.1) is 0 Å². The summed E-state index contributed by atoms with van der Waals surface area (Å²) in [5.74, 6) is 1.50. The standard InChI is InChI=1S/C15H26N2S/c1-12-4-5-13(2)15(8-12,11-16)17(3)9-14-6-7-18-10-14/h6-7,10,12-13H,4-5,8-9,11,16H2,1-3H3. The van der Waals surface area contributed by atoms with E-state index in [0.29, 0.717) is 5.92 Å². The zero-order chi connectivity index (χ0) is 13.2. The van der Waals surface area contributed by atoms with E-state index >= 15 is 0 Å². The topological polar surface area (TPSA) is 29.3 Å². The number of hydrogen-bond acceptors (Lipinski definition) is 3. The van der Waals surface area contributed by atoms with Gasteiger partial charge in [0.2, 0.25) is 0 Å². The second kappa shape index (κ2) is 5.72. The molecule has 18 heavy (non-hydrogen) atoms. The average molecular weight is 266 g/mol. The molecule has 2 rings (SSSR count). The highest BCUT2D eigenvalue weighted by Crippen LogP contribution is 2.40. The van der Waals surface area contributed by atoms with E-state index in [1.54, 1.807) is 11.3 Å². The van der Waals surface area contributed by atoms with Crippen molar-refractivity contribution in [1.29, 1.82) is 0 Å². The molecule has 1 aromatic rings. The summed E-state index contributed by atoms with van der Waals surface area (Å²) in [5, 5.41) is 4.41. The van der Waals surface area contributed by atoms with Crippen molar-refractivity contribution < 1.29 is 0 Å². The third-order valence-corrected chi connectivity index (χ3v) is 5.56. The minimum Gasteiger partial charge on any atom is -0.329 e. The second-order valence-electron chi connectivity index (χ2n) is 6.08. The lowest BCUT2D eigenvalue weighted by Crippen LogP contribution is -2.58. The van der Waals surface area contributed by atoms with Gasteiger partial charge in [-0.15, -0.1) is 0 Å². The Kier molecular flexibility index (Phi) is 4.46. The molecule has 3 unspecified atom stereocenters. The average Bonchev–Trinajstić information content (AvgIpc) is 2.85. The third kappa shape index (κ3) is 2.63. The number of thiophene rings is 1. The number of hydrogen-bond donors (Lipinski definition) is 1. The van der Waals surface area contributed by atoms with E-state index in [1.165, 1.54) is 24.8 Å². The van der Waals surface area contributed by atoms with Gasteiger partial charge in [0.25, 0.3) is 0 Å². The van der Waals surface area contributed by atoms with Crippen molar-refractivity contribution in [2.75, 3.05) is 13.6 Å². The van der Waals surface area contributed by atoms with E-state index in [9.17, 15) is 0 Å². The van der Waals surface area contributed by atoms with Crippen LogP contribution in [0.25, 0.3) is 0 Å². The van der Waals surface area contributed by atoms with Crippen LogP contribution >= 0.6 is 11.3 Å². The van der Waals surface area contributed by atoms with Gasteiger partial charge in [-0.25, -0.2) is 0 Å². The maximum absolute atomic E-state index is 6.18. The van der Waals surface area contributed by atoms with Crippen LogP contribution < -0.4 is 5.73 Å². The molecule has 1 saturated carbocycles. The van der Waals surface area contributed by atoms with E-state index < -0.39 is 0 Å². The Morgan fingerprint density at radius 1 is 1.44 bits per heavy atom. The predicted molar refractivity (Wildman–Crippen MR) is 79.8 cm³/mol. The van der Waals surface area contributed by atoms with Crippen LogP contribution in [-0.4, -0.2) is 24.0 Å². The molecule has 2 N–H and O–H groups in total. The fraction of sp³-hybridized carbons (Fsp3) is 0.733. The van der Waals surface area contributed by atoms with E-state index in [-0.39, 0.29) is 5.54 Å². The molecule has 1 aliphatic rings. The minimum absolute atomic E-state index is 0.194. The summed E-state index contributed by atoms with van der Waals surface area (Å²) in [6.45, 7) is 6.55. The Morgan fingerprint density at radius 3 is 2.83 bits per heavy atom. The molecule has 0 aromatic carbocycles. The van der Waals surface area contributed by atoms with Crippen LogP contribution in [0.1, 0.15) is 38.7 Å². The van der Waals surface area contributed by atoms with Crippen LogP contribution in [0.5, 0.6) is 0 Å². The normalized spacial score (nSPS) is 32.9. The van der Waals surface area contributed by atoms with Gasteiger partial charge in [-0.1, -0.05) is 20.3 Å². The Bertz CT molecular complexity index is 363. The predicted octanol–water partition coefficient (Wildman–Crippen LogP) is 3.33. The summed E-state index contributed by atoms with van der Waals surface area (Å²) in [6.07, 6.45) is 3.91. The Hall–Kier alpha value is -0.380. The van der Waals surface area contributed by atoms with Gasteiger partial charge >= 0.3 is 0 Å². The zero-order valence-electron chi connectivity index (χ0n) is 11.9. The first kappa shape index (κ1) is 14.0. The van der Waals surface area contributed by atoms with Crippen LogP contribution in [0.15, 0.2) is 16.8 Å². The first-order valence-electron chi connectivity index (χ1n) is 7.01. The van der Waals surface area contributed by atoms with Crippen LogP contribution in [0.3, 0.4) is 0 Å². The van der Waals surface area contributed by atoms with Gasteiger partial charge in [-0.05, 0) is 54.1 Å². The molecule has 1 aromatic heterocycles. The van der Waals surface area contributed by atoms with E-state index in [2.05, 4.69) is 42.6 Å². The lowest BCUT2D eigenvalue weighted by molar-refractivity contribution is 0.00911. The molecule has 0 bridgehead atoms. The number of nitrogens with two attached hydrogens (primary N) is 1. The first-order chi connectivity index (χ1) is 8.58. The van der Waals surface area contributed by atoms with Crippen molar-refractivity contribution >= 4 is 11.3 Å². The maximum Gasteiger partial charge on any atom is 0.0360 e. The van der Waals surface area contributed by atoms with E-state index in [4.69, 9.17) is 5.73 Å². The van der Waals surface area contributed by atoms with Gasteiger partial charge in [-0.2, -0.15) is 11.3 Å². The van der Waals surface area contributed by atoms with Gasteiger partial charge in [0.1, 0.15) is 0 Å². The molecule has 0 amide bonds. The monoisotopic (exact) mass is 266 g/mol. The van der Waals surface area contributed by atoms with Crippen LogP contribution in [0.4, 0.5) is 0 Å². The highest BCUT2D eigenvalue weighted by molar-refractivity contribution is 7.07. The number of likely N-dealkylation sites (N-methyl/N-ethyl adjacent to an activating group) is 1. The highest BCUT2D eigenvalue weighted by atomic mass is 32.1. The SMILES string of the molecule is CC1CCC(C)C(CN)(N(C)Cc2ccsc2)C1. The van der Waals surface area contributed by atoms with Gasteiger partial charge in [-0.3, -0.25) is 4.90 Å². The highest BCUT2D eigenvalue weighted by Gasteiger charge is 2.42. The molecule has 0 aliphatic heterocycles. The zero-order valence-corrected chi connectivity index (χ0v) is 12.7. The lowest BCUT2D eigenvalue weighted by atomic mass is 9.68. The molecule has 1 fully saturated rings. The molecule has 0 saturated heterocycles. The molecule has 1 aliphatic carbocycles. The largest absolute Gasteiger partial charge is 0.329 e. The quantitative estimate of drug-likeness (QED) is 0.905. The van der Waals surface area contributed by atoms with Gasteiger partial charge in [0, 0.05) is 18.6 Å². The summed E-state index contributed by atoms with van der Waals surface area (Å²) < 4.78 is 0. The van der Waals surface area contributed by atoms with Crippen molar-refractivity contribution in [3.63, 3.8) is 0 Å². The molecule has 1 heterocycles. The van der Waals surface area contributed by atoms with Crippen molar-refractivity contribution in [3.8, 4) is 0 Å². The lowest BCUT2D eigenvalue weighted by Gasteiger charge is -2.50. The number of rotatable bonds is 4. The molecule has 3 atom stereocenters. The smallest absolute Gasteiger partial charge is 0.0360 e. The molecule has 0 spiro atoms. The Morgan fingerprint density at radius 2 is 2.22 bits per heavy atom. The summed E-state index contributed by atoms with van der Waals surface area (Å²) in [7, 11) is 2.25.